The number of thiocarbonyl (C=S) groups is 1. The van der Waals surface area contributed by atoms with Crippen LogP contribution in [0.5, 0.6) is 0 Å². The average molecular weight is 333 g/mol. The van der Waals surface area contributed by atoms with Crippen LogP contribution >= 0.6 is 28.1 Å². The number of hydrogen-bond acceptors (Lipinski definition) is 3. The Labute approximate surface area is 119 Å². The van der Waals surface area contributed by atoms with Crippen molar-refractivity contribution in [3.8, 4) is 0 Å². The number of nitrogens with zero attached hydrogens (tertiary/aromatic N) is 1. The Morgan fingerprint density at radius 1 is 1.61 bits per heavy atom. The summed E-state index contributed by atoms with van der Waals surface area (Å²) in [4.78, 5) is 2.59. The first-order valence-corrected chi connectivity index (χ1v) is 6.83. The molecule has 2 rings (SSSR count). The molecule has 2 N–H and O–H groups in total. The highest BCUT2D eigenvalue weighted by Crippen LogP contribution is 2.20. The Morgan fingerprint density at radius 2 is 2.39 bits per heavy atom. The monoisotopic (exact) mass is 332 g/mol. The van der Waals surface area contributed by atoms with Crippen LogP contribution in [0.3, 0.4) is 0 Å². The van der Waals surface area contributed by atoms with Gasteiger partial charge < -0.3 is 10.5 Å². The van der Waals surface area contributed by atoms with Gasteiger partial charge in [-0.15, -0.1) is 0 Å². The van der Waals surface area contributed by atoms with E-state index in [1.807, 2.05) is 0 Å². The molecule has 1 unspecified atom stereocenters. The molecule has 1 aromatic rings. The molecule has 1 fully saturated rings. The Bertz CT molecular complexity index is 458. The molecule has 0 spiro atoms. The van der Waals surface area contributed by atoms with E-state index in [9.17, 15) is 4.39 Å². The minimum atomic E-state index is -0.242. The highest BCUT2D eigenvalue weighted by atomic mass is 79.9. The van der Waals surface area contributed by atoms with Crippen LogP contribution in [0.1, 0.15) is 5.56 Å². The van der Waals surface area contributed by atoms with E-state index in [1.165, 1.54) is 12.1 Å². The number of benzene rings is 1. The number of rotatable bonds is 3. The maximum atomic E-state index is 13.0. The van der Waals surface area contributed by atoms with Gasteiger partial charge in [0.1, 0.15) is 16.9 Å². The molecule has 0 aliphatic carbocycles. The summed E-state index contributed by atoms with van der Waals surface area (Å²) in [6.45, 7) is 2.84. The van der Waals surface area contributed by atoms with Crippen LogP contribution < -0.4 is 5.73 Å². The molecule has 0 radical (unpaired) electrons. The lowest BCUT2D eigenvalue weighted by atomic mass is 10.2. The van der Waals surface area contributed by atoms with Crippen LogP contribution in [-0.2, 0) is 11.3 Å². The second kappa shape index (κ2) is 6.06. The normalized spacial score (nSPS) is 20.9. The third kappa shape index (κ3) is 3.47. The summed E-state index contributed by atoms with van der Waals surface area (Å²) in [5, 5.41) is 0. The van der Waals surface area contributed by atoms with Crippen molar-refractivity contribution in [2.45, 2.75) is 12.6 Å². The molecular formula is C12H14BrFN2OS. The molecule has 0 aromatic heterocycles. The van der Waals surface area contributed by atoms with Crippen molar-refractivity contribution in [2.24, 2.45) is 5.73 Å². The van der Waals surface area contributed by atoms with Gasteiger partial charge in [0.2, 0.25) is 0 Å². The van der Waals surface area contributed by atoms with Gasteiger partial charge in [0.05, 0.1) is 6.61 Å². The van der Waals surface area contributed by atoms with Gasteiger partial charge in [-0.1, -0.05) is 34.2 Å². The van der Waals surface area contributed by atoms with Gasteiger partial charge in [-0.25, -0.2) is 4.39 Å². The summed E-state index contributed by atoms with van der Waals surface area (Å²) < 4.78 is 19.3. The highest BCUT2D eigenvalue weighted by Gasteiger charge is 2.22. The first-order chi connectivity index (χ1) is 8.56. The van der Waals surface area contributed by atoms with Crippen LogP contribution in [0.15, 0.2) is 22.7 Å². The fourth-order valence-electron chi connectivity index (χ4n) is 1.91. The van der Waals surface area contributed by atoms with E-state index < -0.39 is 0 Å². The van der Waals surface area contributed by atoms with Gasteiger partial charge in [0, 0.05) is 24.1 Å². The third-order valence-corrected chi connectivity index (χ3v) is 3.88. The van der Waals surface area contributed by atoms with Crippen molar-refractivity contribution in [3.05, 3.63) is 34.1 Å². The molecule has 1 aliphatic heterocycles. The third-order valence-electron chi connectivity index (χ3n) is 2.88. The number of halogens is 2. The molecule has 3 nitrogen and oxygen atoms in total. The Hall–Kier alpha value is -0.560. The number of nitrogens with two attached hydrogens (primary N) is 1. The fourth-order valence-corrected chi connectivity index (χ4v) is 2.53. The standard InChI is InChI=1S/C12H14BrFN2OS/c13-10-5-9(14)2-1-8(10)6-16-3-4-17-11(7-16)12(15)18/h1-2,5,11H,3-4,6-7H2,(H2,15,18). The molecule has 1 saturated heterocycles. The first-order valence-electron chi connectivity index (χ1n) is 5.63. The van der Waals surface area contributed by atoms with Crippen molar-refractivity contribution in [3.63, 3.8) is 0 Å². The van der Waals surface area contributed by atoms with E-state index in [2.05, 4.69) is 20.8 Å². The SMILES string of the molecule is NC(=S)C1CN(Cc2ccc(F)cc2Br)CCO1. The zero-order chi connectivity index (χ0) is 13.1. The van der Waals surface area contributed by atoms with Crippen molar-refractivity contribution >= 4 is 33.1 Å². The summed E-state index contributed by atoms with van der Waals surface area (Å²) in [5.41, 5.74) is 6.64. The van der Waals surface area contributed by atoms with E-state index in [1.54, 1.807) is 6.07 Å². The second-order valence-corrected chi connectivity index (χ2v) is 5.56. The summed E-state index contributed by atoms with van der Waals surface area (Å²) in [6.07, 6.45) is -0.187. The lowest BCUT2D eigenvalue weighted by Crippen LogP contribution is -2.47. The van der Waals surface area contributed by atoms with E-state index in [0.717, 1.165) is 23.1 Å². The quantitative estimate of drug-likeness (QED) is 0.860. The lowest BCUT2D eigenvalue weighted by molar-refractivity contribution is 0.00382. The Kier molecular flexibility index (Phi) is 4.66. The van der Waals surface area contributed by atoms with Gasteiger partial charge in [-0.3, -0.25) is 4.90 Å². The van der Waals surface area contributed by atoms with Crippen molar-refractivity contribution in [1.29, 1.82) is 0 Å². The van der Waals surface area contributed by atoms with E-state index in [0.29, 0.717) is 18.1 Å². The fraction of sp³-hybridized carbons (Fsp3) is 0.417. The van der Waals surface area contributed by atoms with Crippen LogP contribution in [0.25, 0.3) is 0 Å². The second-order valence-electron chi connectivity index (χ2n) is 4.23. The molecule has 0 saturated carbocycles. The van der Waals surface area contributed by atoms with E-state index >= 15 is 0 Å². The zero-order valence-corrected chi connectivity index (χ0v) is 12.1. The Morgan fingerprint density at radius 3 is 3.06 bits per heavy atom. The summed E-state index contributed by atoms with van der Waals surface area (Å²) in [6, 6.07) is 4.72. The maximum absolute atomic E-state index is 13.0. The number of morpholine rings is 1. The predicted molar refractivity (Wildman–Crippen MR) is 75.9 cm³/mol. The highest BCUT2D eigenvalue weighted by molar-refractivity contribution is 9.10. The minimum Gasteiger partial charge on any atom is -0.391 e. The minimum absolute atomic E-state index is 0.187. The largest absolute Gasteiger partial charge is 0.391 e. The van der Waals surface area contributed by atoms with E-state index in [4.69, 9.17) is 22.7 Å². The lowest BCUT2D eigenvalue weighted by Gasteiger charge is -2.32. The molecule has 0 bridgehead atoms. The van der Waals surface area contributed by atoms with Gasteiger partial charge in [0.25, 0.3) is 0 Å². The summed E-state index contributed by atoms with van der Waals surface area (Å²) in [5.74, 6) is -0.242. The predicted octanol–water partition coefficient (Wildman–Crippen LogP) is 2.08. The van der Waals surface area contributed by atoms with Crippen molar-refractivity contribution in [1.82, 2.24) is 4.90 Å². The maximum Gasteiger partial charge on any atom is 0.124 e. The van der Waals surface area contributed by atoms with Gasteiger partial charge in [0.15, 0.2) is 0 Å². The molecule has 0 amide bonds. The van der Waals surface area contributed by atoms with Gasteiger partial charge in [-0.2, -0.15) is 0 Å². The molecule has 18 heavy (non-hydrogen) atoms. The van der Waals surface area contributed by atoms with Crippen molar-refractivity contribution in [2.75, 3.05) is 19.7 Å². The van der Waals surface area contributed by atoms with Crippen molar-refractivity contribution < 1.29 is 9.13 Å². The molecule has 1 aromatic carbocycles. The molecule has 1 aliphatic rings. The zero-order valence-electron chi connectivity index (χ0n) is 9.73. The number of hydrogen-bond donors (Lipinski definition) is 1. The van der Waals surface area contributed by atoms with Crippen LogP contribution in [0, 0.1) is 5.82 Å². The van der Waals surface area contributed by atoms with Gasteiger partial charge >= 0.3 is 0 Å². The molecular weight excluding hydrogens is 319 g/mol. The molecule has 6 heteroatoms. The van der Waals surface area contributed by atoms with Crippen LogP contribution in [0.2, 0.25) is 0 Å². The molecule has 98 valence electrons. The summed E-state index contributed by atoms with van der Waals surface area (Å²) >= 11 is 8.31. The smallest absolute Gasteiger partial charge is 0.124 e. The Balaban J connectivity index is 2.02. The van der Waals surface area contributed by atoms with Crippen LogP contribution in [-0.4, -0.2) is 35.7 Å². The average Bonchev–Trinajstić information content (AvgIpc) is 2.33. The molecule has 1 atom stereocenters. The van der Waals surface area contributed by atoms with E-state index in [-0.39, 0.29) is 11.9 Å². The topological polar surface area (TPSA) is 38.5 Å². The van der Waals surface area contributed by atoms with Crippen LogP contribution in [0.4, 0.5) is 4.39 Å². The molecule has 1 heterocycles. The summed E-state index contributed by atoms with van der Waals surface area (Å²) in [7, 11) is 0. The van der Waals surface area contributed by atoms with Gasteiger partial charge in [-0.05, 0) is 17.7 Å². The number of ether oxygens (including phenoxy) is 1. The first kappa shape index (κ1) is 13.9.